The number of carbonyl (C=O) groups excluding carboxylic acids is 1. The van der Waals surface area contributed by atoms with Crippen molar-refractivity contribution in [2.75, 3.05) is 5.75 Å². The molecule has 0 atom stereocenters. The van der Waals surface area contributed by atoms with Gasteiger partial charge in [-0.15, -0.1) is 0 Å². The molecule has 0 aliphatic carbocycles. The SMILES string of the molecule is Cc1ccccc1.O=CCS. The van der Waals surface area contributed by atoms with Crippen molar-refractivity contribution in [2.45, 2.75) is 6.92 Å². The molecule has 0 aliphatic heterocycles. The van der Waals surface area contributed by atoms with Gasteiger partial charge in [-0.3, -0.25) is 0 Å². The molecule has 11 heavy (non-hydrogen) atoms. The maximum absolute atomic E-state index is 9.10. The second-order valence-corrected chi connectivity index (χ2v) is 2.37. The van der Waals surface area contributed by atoms with Gasteiger partial charge in [-0.2, -0.15) is 12.6 Å². The van der Waals surface area contributed by atoms with Crippen molar-refractivity contribution in [2.24, 2.45) is 0 Å². The first kappa shape index (κ1) is 10.2. The van der Waals surface area contributed by atoms with Gasteiger partial charge in [0.25, 0.3) is 0 Å². The summed E-state index contributed by atoms with van der Waals surface area (Å²) in [6.45, 7) is 2.08. The van der Waals surface area contributed by atoms with E-state index in [4.69, 9.17) is 4.79 Å². The van der Waals surface area contributed by atoms with Crippen LogP contribution >= 0.6 is 12.6 Å². The molecule has 0 unspecified atom stereocenters. The lowest BCUT2D eigenvalue weighted by atomic mass is 10.2. The number of aldehydes is 1. The first-order valence-corrected chi connectivity index (χ1v) is 4.00. The highest BCUT2D eigenvalue weighted by atomic mass is 32.1. The van der Waals surface area contributed by atoms with E-state index in [0.29, 0.717) is 5.75 Å². The Balaban J connectivity index is 0.000000218. The Kier molecular flexibility index (Phi) is 6.84. The first-order chi connectivity index (χ1) is 5.31. The molecule has 0 N–H and O–H groups in total. The van der Waals surface area contributed by atoms with Gasteiger partial charge in [0.2, 0.25) is 0 Å². The van der Waals surface area contributed by atoms with Crippen molar-refractivity contribution in [1.29, 1.82) is 0 Å². The molecule has 0 saturated carbocycles. The van der Waals surface area contributed by atoms with Crippen LogP contribution in [0.25, 0.3) is 0 Å². The van der Waals surface area contributed by atoms with Crippen molar-refractivity contribution in [3.05, 3.63) is 35.9 Å². The number of hydrogen-bond acceptors (Lipinski definition) is 2. The molecule has 0 fully saturated rings. The molecule has 1 aromatic rings. The van der Waals surface area contributed by atoms with E-state index in [-0.39, 0.29) is 0 Å². The van der Waals surface area contributed by atoms with Crippen molar-refractivity contribution < 1.29 is 4.79 Å². The van der Waals surface area contributed by atoms with Gasteiger partial charge in [0, 0.05) is 5.75 Å². The van der Waals surface area contributed by atoms with E-state index in [1.807, 2.05) is 18.2 Å². The van der Waals surface area contributed by atoms with Gasteiger partial charge in [0.1, 0.15) is 6.29 Å². The van der Waals surface area contributed by atoms with Crippen LogP contribution in [0, 0.1) is 6.92 Å². The van der Waals surface area contributed by atoms with Crippen LogP contribution in [0.5, 0.6) is 0 Å². The Morgan fingerprint density at radius 1 is 1.36 bits per heavy atom. The van der Waals surface area contributed by atoms with E-state index in [0.717, 1.165) is 6.29 Å². The third-order valence-corrected chi connectivity index (χ3v) is 1.16. The van der Waals surface area contributed by atoms with Crippen molar-refractivity contribution >= 4 is 18.9 Å². The second-order valence-electron chi connectivity index (χ2n) is 2.00. The Bertz CT molecular complexity index is 184. The lowest BCUT2D eigenvalue weighted by Gasteiger charge is -1.82. The van der Waals surface area contributed by atoms with Crippen LogP contribution in [-0.2, 0) is 4.79 Å². The topological polar surface area (TPSA) is 17.1 Å². The maximum Gasteiger partial charge on any atom is 0.129 e. The first-order valence-electron chi connectivity index (χ1n) is 3.37. The molecule has 0 saturated heterocycles. The van der Waals surface area contributed by atoms with Crippen molar-refractivity contribution in [3.63, 3.8) is 0 Å². The van der Waals surface area contributed by atoms with Crippen LogP contribution < -0.4 is 0 Å². The second kappa shape index (κ2) is 7.35. The molecular formula is C9H12OS. The van der Waals surface area contributed by atoms with Gasteiger partial charge in [0.15, 0.2) is 0 Å². The third-order valence-electron chi connectivity index (χ3n) is 1.01. The normalized spacial score (nSPS) is 7.82. The number of benzene rings is 1. The van der Waals surface area contributed by atoms with E-state index >= 15 is 0 Å². The predicted molar refractivity (Wildman–Crippen MR) is 51.1 cm³/mol. The molecule has 1 nitrogen and oxygen atoms in total. The monoisotopic (exact) mass is 168 g/mol. The zero-order valence-electron chi connectivity index (χ0n) is 6.53. The summed E-state index contributed by atoms with van der Waals surface area (Å²) in [5, 5.41) is 0. The Morgan fingerprint density at radius 3 is 2.00 bits per heavy atom. The van der Waals surface area contributed by atoms with Gasteiger partial charge in [-0.25, -0.2) is 0 Å². The van der Waals surface area contributed by atoms with E-state index < -0.39 is 0 Å². The molecule has 0 radical (unpaired) electrons. The van der Waals surface area contributed by atoms with Crippen LogP contribution in [0.3, 0.4) is 0 Å². The van der Waals surface area contributed by atoms with Gasteiger partial charge in [-0.05, 0) is 6.92 Å². The number of aryl methyl sites for hydroxylation is 1. The standard InChI is InChI=1S/C7H8.C2H4OS/c1-7-5-3-2-4-6-7;3-1-2-4/h2-6H,1H3;1,4H,2H2. The number of carbonyl (C=O) groups is 1. The van der Waals surface area contributed by atoms with Crippen LogP contribution in [0.15, 0.2) is 30.3 Å². The number of hydrogen-bond donors (Lipinski definition) is 1. The molecule has 2 heteroatoms. The summed E-state index contributed by atoms with van der Waals surface area (Å²) in [7, 11) is 0. The predicted octanol–water partition coefficient (Wildman–Crippen LogP) is 2.11. The van der Waals surface area contributed by atoms with Crippen LogP contribution in [0.2, 0.25) is 0 Å². The quantitative estimate of drug-likeness (QED) is 0.502. The van der Waals surface area contributed by atoms with Crippen molar-refractivity contribution in [1.82, 2.24) is 0 Å². The number of thiol groups is 1. The Hall–Kier alpha value is -0.760. The Morgan fingerprint density at radius 2 is 1.82 bits per heavy atom. The van der Waals surface area contributed by atoms with Crippen LogP contribution in [-0.4, -0.2) is 12.0 Å². The number of rotatable bonds is 1. The lowest BCUT2D eigenvalue weighted by Crippen LogP contribution is -1.63. The minimum absolute atomic E-state index is 0.333. The molecule has 1 rings (SSSR count). The van der Waals surface area contributed by atoms with E-state index in [1.165, 1.54) is 5.56 Å². The molecule has 0 aromatic heterocycles. The van der Waals surface area contributed by atoms with Gasteiger partial charge in [0.05, 0.1) is 0 Å². The zero-order valence-corrected chi connectivity index (χ0v) is 7.42. The van der Waals surface area contributed by atoms with Crippen LogP contribution in [0.4, 0.5) is 0 Å². The molecule has 0 amide bonds. The van der Waals surface area contributed by atoms with Gasteiger partial charge in [-0.1, -0.05) is 35.9 Å². The van der Waals surface area contributed by atoms with Gasteiger partial charge < -0.3 is 4.79 Å². The van der Waals surface area contributed by atoms with Crippen LogP contribution in [0.1, 0.15) is 5.56 Å². The van der Waals surface area contributed by atoms with E-state index in [2.05, 4.69) is 31.7 Å². The fourth-order valence-corrected chi connectivity index (χ4v) is 0.534. The van der Waals surface area contributed by atoms with E-state index in [9.17, 15) is 0 Å². The maximum atomic E-state index is 9.10. The average molecular weight is 168 g/mol. The molecule has 0 heterocycles. The molecule has 0 spiro atoms. The zero-order chi connectivity index (χ0) is 8.53. The largest absolute Gasteiger partial charge is 0.302 e. The minimum Gasteiger partial charge on any atom is -0.302 e. The highest BCUT2D eigenvalue weighted by Gasteiger charge is 1.72. The highest BCUT2D eigenvalue weighted by Crippen LogP contribution is 1.92. The third kappa shape index (κ3) is 7.13. The highest BCUT2D eigenvalue weighted by molar-refractivity contribution is 7.80. The molecule has 0 aliphatic rings. The average Bonchev–Trinajstić information content (AvgIpc) is 2.07. The summed E-state index contributed by atoms with van der Waals surface area (Å²) in [5.74, 6) is 0.333. The summed E-state index contributed by atoms with van der Waals surface area (Å²) >= 11 is 3.55. The van der Waals surface area contributed by atoms with E-state index in [1.54, 1.807) is 0 Å². The summed E-state index contributed by atoms with van der Waals surface area (Å²) in [6.07, 6.45) is 0.739. The fraction of sp³-hybridized carbons (Fsp3) is 0.222. The summed E-state index contributed by atoms with van der Waals surface area (Å²) in [5.41, 5.74) is 1.32. The molecular weight excluding hydrogens is 156 g/mol. The summed E-state index contributed by atoms with van der Waals surface area (Å²) in [6, 6.07) is 10.3. The summed E-state index contributed by atoms with van der Waals surface area (Å²) < 4.78 is 0. The molecule has 60 valence electrons. The lowest BCUT2D eigenvalue weighted by molar-refractivity contribution is -0.105. The van der Waals surface area contributed by atoms with Crippen molar-refractivity contribution in [3.8, 4) is 0 Å². The summed E-state index contributed by atoms with van der Waals surface area (Å²) in [4.78, 5) is 9.10. The minimum atomic E-state index is 0.333. The molecule has 1 aromatic carbocycles. The fourth-order valence-electron chi connectivity index (χ4n) is 0.534. The Labute approximate surface area is 72.8 Å². The molecule has 0 bridgehead atoms. The van der Waals surface area contributed by atoms with Gasteiger partial charge >= 0.3 is 0 Å². The smallest absolute Gasteiger partial charge is 0.129 e.